The molecule has 1 heterocycles. The Balaban J connectivity index is 3.46. The minimum atomic E-state index is -0.405. The zero-order valence-corrected chi connectivity index (χ0v) is 5.96. The van der Waals surface area contributed by atoms with Crippen LogP contribution in [0.4, 0.5) is 0 Å². The Morgan fingerprint density at radius 1 is 1.60 bits per heavy atom. The average molecular weight is 139 g/mol. The van der Waals surface area contributed by atoms with Crippen LogP contribution in [-0.2, 0) is 0 Å². The molecule has 0 aliphatic heterocycles. The van der Waals surface area contributed by atoms with E-state index in [4.69, 9.17) is 5.84 Å². The van der Waals surface area contributed by atoms with Crippen LogP contribution in [0.25, 0.3) is 0 Å². The molecular weight excluding hydrogens is 130 g/mol. The van der Waals surface area contributed by atoms with Gasteiger partial charge in [0.2, 0.25) is 0 Å². The van der Waals surface area contributed by atoms with E-state index in [1.54, 1.807) is 19.9 Å². The molecule has 4 heteroatoms. The zero-order chi connectivity index (χ0) is 7.72. The number of nitrogens with zero attached hydrogens (tertiary/aromatic N) is 2. The first-order valence-electron chi connectivity index (χ1n) is 2.93. The molecule has 0 radical (unpaired) electrons. The first-order valence-corrected chi connectivity index (χ1v) is 2.93. The lowest BCUT2D eigenvalue weighted by molar-refractivity contribution is 0.818. The molecule has 0 unspecified atom stereocenters. The van der Waals surface area contributed by atoms with Gasteiger partial charge in [-0.15, -0.1) is 0 Å². The van der Waals surface area contributed by atoms with Gasteiger partial charge in [0.25, 0.3) is 0 Å². The van der Waals surface area contributed by atoms with Gasteiger partial charge in [-0.2, -0.15) is 4.98 Å². The molecule has 0 amide bonds. The topological polar surface area (TPSA) is 60.9 Å². The SMILES string of the molecule is Cc1cc(C)n(N)c(=O)n1. The van der Waals surface area contributed by atoms with E-state index < -0.39 is 5.69 Å². The Morgan fingerprint density at radius 2 is 2.20 bits per heavy atom. The van der Waals surface area contributed by atoms with Crippen LogP contribution in [0.5, 0.6) is 0 Å². The molecule has 4 nitrogen and oxygen atoms in total. The Labute approximate surface area is 58.3 Å². The molecule has 1 aromatic rings. The minimum absolute atomic E-state index is 0.405. The van der Waals surface area contributed by atoms with Crippen molar-refractivity contribution in [1.82, 2.24) is 9.66 Å². The largest absolute Gasteiger partial charge is 0.366 e. The second-order valence-electron chi connectivity index (χ2n) is 2.19. The van der Waals surface area contributed by atoms with Gasteiger partial charge in [-0.25, -0.2) is 9.47 Å². The summed E-state index contributed by atoms with van der Waals surface area (Å²) in [6.07, 6.45) is 0. The summed E-state index contributed by atoms with van der Waals surface area (Å²) >= 11 is 0. The predicted molar refractivity (Wildman–Crippen MR) is 38.1 cm³/mol. The first-order chi connectivity index (χ1) is 4.61. The molecule has 0 aliphatic carbocycles. The fourth-order valence-electron chi connectivity index (χ4n) is 0.760. The molecule has 0 aliphatic rings. The van der Waals surface area contributed by atoms with E-state index in [9.17, 15) is 4.79 Å². The molecule has 0 spiro atoms. The molecule has 0 fully saturated rings. The van der Waals surface area contributed by atoms with Gasteiger partial charge in [-0.05, 0) is 19.9 Å². The van der Waals surface area contributed by atoms with Crippen molar-refractivity contribution >= 4 is 0 Å². The zero-order valence-electron chi connectivity index (χ0n) is 5.96. The highest BCUT2D eigenvalue weighted by atomic mass is 16.1. The molecule has 1 rings (SSSR count). The highest BCUT2D eigenvalue weighted by Gasteiger charge is 1.96. The number of nitrogen functional groups attached to an aromatic ring is 1. The van der Waals surface area contributed by atoms with Gasteiger partial charge >= 0.3 is 5.69 Å². The average Bonchev–Trinajstić information content (AvgIpc) is 1.82. The second-order valence-corrected chi connectivity index (χ2v) is 2.19. The molecule has 0 saturated heterocycles. The summed E-state index contributed by atoms with van der Waals surface area (Å²) in [6.45, 7) is 3.52. The number of aromatic nitrogens is 2. The number of hydrogen-bond donors (Lipinski definition) is 1. The van der Waals surface area contributed by atoms with Crippen molar-refractivity contribution in [2.24, 2.45) is 0 Å². The van der Waals surface area contributed by atoms with Gasteiger partial charge in [0, 0.05) is 11.4 Å². The third-order valence-electron chi connectivity index (χ3n) is 1.28. The van der Waals surface area contributed by atoms with E-state index in [0.29, 0.717) is 5.69 Å². The van der Waals surface area contributed by atoms with Gasteiger partial charge in [-0.3, -0.25) is 0 Å². The van der Waals surface area contributed by atoms with Gasteiger partial charge < -0.3 is 5.84 Å². The summed E-state index contributed by atoms with van der Waals surface area (Å²) in [7, 11) is 0. The van der Waals surface area contributed by atoms with Crippen molar-refractivity contribution in [3.63, 3.8) is 0 Å². The summed E-state index contributed by atoms with van der Waals surface area (Å²) in [5.41, 5.74) is 1.01. The quantitative estimate of drug-likeness (QED) is 0.496. The van der Waals surface area contributed by atoms with Crippen molar-refractivity contribution in [2.45, 2.75) is 13.8 Å². The molecule has 1 aromatic heterocycles. The van der Waals surface area contributed by atoms with Crippen LogP contribution in [-0.4, -0.2) is 9.66 Å². The predicted octanol–water partition coefficient (Wildman–Crippen LogP) is -0.426. The molecule has 0 saturated carbocycles. The number of rotatable bonds is 0. The maximum Gasteiger partial charge on any atom is 0.366 e. The number of hydrogen-bond acceptors (Lipinski definition) is 3. The Bertz CT molecular complexity index is 302. The van der Waals surface area contributed by atoms with Gasteiger partial charge in [0.15, 0.2) is 0 Å². The van der Waals surface area contributed by atoms with Crippen LogP contribution < -0.4 is 11.5 Å². The molecule has 2 N–H and O–H groups in total. The summed E-state index contributed by atoms with van der Waals surface area (Å²) in [4.78, 5) is 14.4. The van der Waals surface area contributed by atoms with E-state index in [1.807, 2.05) is 0 Å². The lowest BCUT2D eigenvalue weighted by Crippen LogP contribution is -2.31. The van der Waals surface area contributed by atoms with E-state index in [-0.39, 0.29) is 0 Å². The maximum atomic E-state index is 10.8. The maximum absolute atomic E-state index is 10.8. The fraction of sp³-hybridized carbons (Fsp3) is 0.333. The van der Waals surface area contributed by atoms with Gasteiger partial charge in [0.05, 0.1) is 0 Å². The van der Waals surface area contributed by atoms with E-state index in [2.05, 4.69) is 4.98 Å². The molecule has 54 valence electrons. The highest BCUT2D eigenvalue weighted by molar-refractivity contribution is 5.06. The third-order valence-corrected chi connectivity index (χ3v) is 1.28. The summed E-state index contributed by atoms with van der Waals surface area (Å²) in [5, 5.41) is 0. The van der Waals surface area contributed by atoms with Crippen molar-refractivity contribution in [1.29, 1.82) is 0 Å². The van der Waals surface area contributed by atoms with E-state index in [0.717, 1.165) is 10.4 Å². The standard InChI is InChI=1S/C6H9N3O/c1-4-3-5(2)9(7)6(10)8-4/h3H,7H2,1-2H3. The normalized spacial score (nSPS) is 9.80. The van der Waals surface area contributed by atoms with Crippen LogP contribution in [0.1, 0.15) is 11.4 Å². The highest BCUT2D eigenvalue weighted by Crippen LogP contribution is 1.91. The van der Waals surface area contributed by atoms with Crippen LogP contribution in [0, 0.1) is 13.8 Å². The lowest BCUT2D eigenvalue weighted by atomic mass is 10.4. The third kappa shape index (κ3) is 1.00. The molecule has 0 bridgehead atoms. The number of nitrogens with two attached hydrogens (primary N) is 1. The number of aryl methyl sites for hydroxylation is 2. The molecule has 10 heavy (non-hydrogen) atoms. The van der Waals surface area contributed by atoms with Crippen LogP contribution >= 0.6 is 0 Å². The van der Waals surface area contributed by atoms with Crippen molar-refractivity contribution in [2.75, 3.05) is 5.84 Å². The molecule has 0 aromatic carbocycles. The van der Waals surface area contributed by atoms with Gasteiger partial charge in [0.1, 0.15) is 0 Å². The lowest BCUT2D eigenvalue weighted by Gasteiger charge is -2.00. The van der Waals surface area contributed by atoms with E-state index in [1.165, 1.54) is 0 Å². The minimum Gasteiger partial charge on any atom is -0.335 e. The molecule has 0 atom stereocenters. The van der Waals surface area contributed by atoms with Gasteiger partial charge in [-0.1, -0.05) is 0 Å². The van der Waals surface area contributed by atoms with Crippen molar-refractivity contribution < 1.29 is 0 Å². The van der Waals surface area contributed by atoms with Crippen LogP contribution in [0.2, 0.25) is 0 Å². The fourth-order valence-corrected chi connectivity index (χ4v) is 0.760. The van der Waals surface area contributed by atoms with Crippen molar-refractivity contribution in [3.05, 3.63) is 27.9 Å². The summed E-state index contributed by atoms with van der Waals surface area (Å²) < 4.78 is 1.02. The Hall–Kier alpha value is -1.32. The molecular formula is C6H9N3O. The van der Waals surface area contributed by atoms with Crippen molar-refractivity contribution in [3.8, 4) is 0 Å². The summed E-state index contributed by atoms with van der Waals surface area (Å²) in [5.74, 6) is 5.29. The Morgan fingerprint density at radius 3 is 2.70 bits per heavy atom. The van der Waals surface area contributed by atoms with Crippen LogP contribution in [0.3, 0.4) is 0 Å². The second kappa shape index (κ2) is 2.13. The van der Waals surface area contributed by atoms with E-state index >= 15 is 0 Å². The first kappa shape index (κ1) is 6.80. The smallest absolute Gasteiger partial charge is 0.335 e. The summed E-state index contributed by atoms with van der Waals surface area (Å²) in [6, 6.07) is 1.75. The monoisotopic (exact) mass is 139 g/mol. The Kier molecular flexibility index (Phi) is 1.45. The van der Waals surface area contributed by atoms with Crippen LogP contribution in [0.15, 0.2) is 10.9 Å².